The SMILES string of the molecule is CC(C)n1c(-c2ccc(C(N)=O)cc2)nc2c(NCc3ccccc3)ncnc21. The van der Waals surface area contributed by atoms with E-state index in [1.807, 2.05) is 30.3 Å². The molecule has 29 heavy (non-hydrogen) atoms. The molecule has 1 amide bonds. The lowest BCUT2D eigenvalue weighted by Gasteiger charge is -2.12. The zero-order valence-corrected chi connectivity index (χ0v) is 16.3. The van der Waals surface area contributed by atoms with Crippen molar-refractivity contribution in [3.63, 3.8) is 0 Å². The van der Waals surface area contributed by atoms with Crippen molar-refractivity contribution < 1.29 is 4.79 Å². The van der Waals surface area contributed by atoms with Crippen LogP contribution in [0.2, 0.25) is 0 Å². The highest BCUT2D eigenvalue weighted by atomic mass is 16.1. The molecule has 0 aliphatic rings. The summed E-state index contributed by atoms with van der Waals surface area (Å²) in [5.74, 6) is 1.01. The fourth-order valence-corrected chi connectivity index (χ4v) is 3.30. The Morgan fingerprint density at radius 3 is 2.45 bits per heavy atom. The van der Waals surface area contributed by atoms with Crippen LogP contribution in [0.3, 0.4) is 0 Å². The lowest BCUT2D eigenvalue weighted by Crippen LogP contribution is -2.10. The van der Waals surface area contributed by atoms with E-state index in [9.17, 15) is 4.79 Å². The van der Waals surface area contributed by atoms with Gasteiger partial charge in [-0.3, -0.25) is 4.79 Å². The fraction of sp³-hybridized carbons (Fsp3) is 0.182. The quantitative estimate of drug-likeness (QED) is 0.525. The maximum atomic E-state index is 11.4. The van der Waals surface area contributed by atoms with Crippen LogP contribution >= 0.6 is 0 Å². The molecule has 2 aromatic heterocycles. The lowest BCUT2D eigenvalue weighted by molar-refractivity contribution is 0.100. The van der Waals surface area contributed by atoms with Crippen molar-refractivity contribution >= 4 is 22.9 Å². The molecule has 2 aromatic carbocycles. The number of primary amides is 1. The number of carbonyl (C=O) groups excluding carboxylic acids is 1. The second-order valence-electron chi connectivity index (χ2n) is 7.07. The first-order chi connectivity index (χ1) is 14.0. The van der Waals surface area contributed by atoms with Crippen LogP contribution in [0, 0.1) is 0 Å². The molecule has 4 rings (SSSR count). The molecular weight excluding hydrogens is 364 g/mol. The summed E-state index contributed by atoms with van der Waals surface area (Å²) in [4.78, 5) is 25.1. The van der Waals surface area contributed by atoms with Gasteiger partial charge in [0.15, 0.2) is 17.0 Å². The third kappa shape index (κ3) is 3.67. The maximum Gasteiger partial charge on any atom is 0.248 e. The highest BCUT2D eigenvalue weighted by molar-refractivity contribution is 5.93. The smallest absolute Gasteiger partial charge is 0.248 e. The molecule has 0 bridgehead atoms. The molecule has 0 fully saturated rings. The number of nitrogens with two attached hydrogens (primary N) is 1. The summed E-state index contributed by atoms with van der Waals surface area (Å²) in [5, 5.41) is 3.37. The molecule has 146 valence electrons. The summed E-state index contributed by atoms with van der Waals surface area (Å²) < 4.78 is 2.07. The minimum absolute atomic E-state index is 0.141. The first kappa shape index (κ1) is 18.6. The van der Waals surface area contributed by atoms with Gasteiger partial charge in [-0.15, -0.1) is 0 Å². The van der Waals surface area contributed by atoms with Crippen LogP contribution < -0.4 is 11.1 Å². The van der Waals surface area contributed by atoms with E-state index in [0.29, 0.717) is 23.4 Å². The Morgan fingerprint density at radius 2 is 1.79 bits per heavy atom. The number of aromatic nitrogens is 4. The van der Waals surface area contributed by atoms with Gasteiger partial charge in [0.25, 0.3) is 0 Å². The molecule has 7 heteroatoms. The Balaban J connectivity index is 1.77. The summed E-state index contributed by atoms with van der Waals surface area (Å²) in [6.07, 6.45) is 1.55. The van der Waals surface area contributed by atoms with Crippen molar-refractivity contribution in [3.8, 4) is 11.4 Å². The van der Waals surface area contributed by atoms with E-state index < -0.39 is 5.91 Å². The fourth-order valence-electron chi connectivity index (χ4n) is 3.30. The highest BCUT2D eigenvalue weighted by Crippen LogP contribution is 2.30. The van der Waals surface area contributed by atoms with E-state index in [4.69, 9.17) is 10.7 Å². The summed E-state index contributed by atoms with van der Waals surface area (Å²) in [6, 6.07) is 17.4. The van der Waals surface area contributed by atoms with Gasteiger partial charge in [0.05, 0.1) is 0 Å². The van der Waals surface area contributed by atoms with Crippen molar-refractivity contribution in [1.29, 1.82) is 0 Å². The number of fused-ring (bicyclic) bond motifs is 1. The standard InChI is InChI=1S/C22H22N6O/c1-14(2)28-21(17-10-8-16(9-11-17)19(23)29)27-18-20(25-13-26-22(18)28)24-12-15-6-4-3-5-7-15/h3-11,13-14H,12H2,1-2H3,(H2,23,29)(H,24,25,26). The van der Waals surface area contributed by atoms with Gasteiger partial charge in [0, 0.05) is 23.7 Å². The minimum atomic E-state index is -0.452. The van der Waals surface area contributed by atoms with Crippen LogP contribution in [0.4, 0.5) is 5.82 Å². The maximum absolute atomic E-state index is 11.4. The number of hydrogen-bond acceptors (Lipinski definition) is 5. The predicted octanol–water partition coefficient (Wildman–Crippen LogP) is 3.79. The first-order valence-corrected chi connectivity index (χ1v) is 9.45. The molecule has 0 radical (unpaired) electrons. The summed E-state index contributed by atoms with van der Waals surface area (Å²) >= 11 is 0. The minimum Gasteiger partial charge on any atom is -0.366 e. The molecule has 7 nitrogen and oxygen atoms in total. The lowest BCUT2D eigenvalue weighted by atomic mass is 10.1. The van der Waals surface area contributed by atoms with Gasteiger partial charge in [-0.25, -0.2) is 15.0 Å². The number of nitrogens with zero attached hydrogens (tertiary/aromatic N) is 4. The molecule has 0 unspecified atom stereocenters. The van der Waals surface area contributed by atoms with Crippen molar-refractivity contribution in [2.45, 2.75) is 26.4 Å². The highest BCUT2D eigenvalue weighted by Gasteiger charge is 2.19. The Hall–Kier alpha value is -3.74. The Bertz CT molecular complexity index is 1150. The van der Waals surface area contributed by atoms with E-state index >= 15 is 0 Å². The Morgan fingerprint density at radius 1 is 1.07 bits per heavy atom. The summed E-state index contributed by atoms with van der Waals surface area (Å²) in [6.45, 7) is 4.81. The van der Waals surface area contributed by atoms with Gasteiger partial charge in [-0.1, -0.05) is 42.5 Å². The van der Waals surface area contributed by atoms with Crippen molar-refractivity contribution in [3.05, 3.63) is 72.1 Å². The van der Waals surface area contributed by atoms with Gasteiger partial charge < -0.3 is 15.6 Å². The number of anilines is 1. The number of benzene rings is 2. The zero-order valence-electron chi connectivity index (χ0n) is 16.3. The van der Waals surface area contributed by atoms with E-state index in [2.05, 4.69) is 45.8 Å². The van der Waals surface area contributed by atoms with Crippen LogP contribution in [0.5, 0.6) is 0 Å². The van der Waals surface area contributed by atoms with Crippen molar-refractivity contribution in [2.75, 3.05) is 5.32 Å². The van der Waals surface area contributed by atoms with E-state index in [-0.39, 0.29) is 6.04 Å². The summed E-state index contributed by atoms with van der Waals surface area (Å²) in [5.41, 5.74) is 9.34. The van der Waals surface area contributed by atoms with Gasteiger partial charge in [-0.2, -0.15) is 0 Å². The molecule has 0 saturated carbocycles. The number of rotatable bonds is 6. The largest absolute Gasteiger partial charge is 0.366 e. The number of nitrogens with one attached hydrogen (secondary N) is 1. The number of carbonyl (C=O) groups is 1. The summed E-state index contributed by atoms with van der Waals surface area (Å²) in [7, 11) is 0. The molecule has 3 N–H and O–H groups in total. The topological polar surface area (TPSA) is 98.7 Å². The molecule has 0 atom stereocenters. The van der Waals surface area contributed by atoms with Gasteiger partial charge in [0.2, 0.25) is 5.91 Å². The van der Waals surface area contributed by atoms with Crippen molar-refractivity contribution in [2.24, 2.45) is 5.73 Å². The molecular formula is C22H22N6O. The van der Waals surface area contributed by atoms with Gasteiger partial charge in [-0.05, 0) is 31.5 Å². The predicted molar refractivity (Wildman–Crippen MR) is 113 cm³/mol. The average molecular weight is 386 g/mol. The Kier molecular flexibility index (Phi) is 4.95. The molecule has 0 spiro atoms. The number of imidazole rings is 1. The van der Waals surface area contributed by atoms with Crippen LogP contribution in [0.1, 0.15) is 35.8 Å². The third-order valence-corrected chi connectivity index (χ3v) is 4.72. The monoisotopic (exact) mass is 386 g/mol. The molecule has 0 saturated heterocycles. The van der Waals surface area contributed by atoms with Crippen LogP contribution in [-0.4, -0.2) is 25.4 Å². The van der Waals surface area contributed by atoms with Crippen molar-refractivity contribution in [1.82, 2.24) is 19.5 Å². The first-order valence-electron chi connectivity index (χ1n) is 9.45. The second kappa shape index (κ2) is 7.71. The van der Waals surface area contributed by atoms with E-state index in [1.54, 1.807) is 18.5 Å². The van der Waals surface area contributed by atoms with E-state index in [1.165, 1.54) is 0 Å². The second-order valence-corrected chi connectivity index (χ2v) is 7.07. The van der Waals surface area contributed by atoms with E-state index in [0.717, 1.165) is 22.6 Å². The molecule has 0 aliphatic carbocycles. The van der Waals surface area contributed by atoms with Gasteiger partial charge in [0.1, 0.15) is 12.2 Å². The zero-order chi connectivity index (χ0) is 20.4. The molecule has 2 heterocycles. The van der Waals surface area contributed by atoms with Crippen LogP contribution in [-0.2, 0) is 6.54 Å². The van der Waals surface area contributed by atoms with Gasteiger partial charge >= 0.3 is 0 Å². The average Bonchev–Trinajstić information content (AvgIpc) is 3.13. The Labute approximate surface area is 168 Å². The molecule has 0 aliphatic heterocycles. The third-order valence-electron chi connectivity index (χ3n) is 4.72. The normalized spacial score (nSPS) is 11.1. The van der Waals surface area contributed by atoms with Crippen LogP contribution in [0.15, 0.2) is 60.9 Å². The number of amides is 1. The molecule has 4 aromatic rings. The number of hydrogen-bond donors (Lipinski definition) is 2. The van der Waals surface area contributed by atoms with Crippen LogP contribution in [0.25, 0.3) is 22.6 Å².